The summed E-state index contributed by atoms with van der Waals surface area (Å²) in [6, 6.07) is 15.6. The van der Waals surface area contributed by atoms with E-state index in [0.29, 0.717) is 24.5 Å². The highest BCUT2D eigenvalue weighted by molar-refractivity contribution is 5.94. The number of fused-ring (bicyclic) bond motifs is 1. The maximum Gasteiger partial charge on any atom is 0.227 e. The Kier molecular flexibility index (Phi) is 8.08. The van der Waals surface area contributed by atoms with Gasteiger partial charge in [-0.3, -0.25) is 14.5 Å². The van der Waals surface area contributed by atoms with Crippen molar-refractivity contribution in [3.05, 3.63) is 59.7 Å². The van der Waals surface area contributed by atoms with Gasteiger partial charge >= 0.3 is 0 Å². The van der Waals surface area contributed by atoms with E-state index < -0.39 is 0 Å². The lowest BCUT2D eigenvalue weighted by atomic mass is 10.0. The largest absolute Gasteiger partial charge is 0.488 e. The molecule has 0 spiro atoms. The van der Waals surface area contributed by atoms with Gasteiger partial charge in [0, 0.05) is 42.7 Å². The van der Waals surface area contributed by atoms with Crippen LogP contribution in [0.3, 0.4) is 0 Å². The van der Waals surface area contributed by atoms with Gasteiger partial charge in [-0.1, -0.05) is 37.3 Å². The van der Waals surface area contributed by atoms with E-state index in [-0.39, 0.29) is 48.8 Å². The molecule has 0 radical (unpaired) electrons. The van der Waals surface area contributed by atoms with Crippen LogP contribution in [-0.2, 0) is 22.6 Å². The number of aliphatic hydroxyl groups is 1. The Hall–Kier alpha value is -2.90. The predicted molar refractivity (Wildman–Crippen MR) is 136 cm³/mol. The molecular weight excluding hydrogens is 442 g/mol. The van der Waals surface area contributed by atoms with Gasteiger partial charge in [-0.2, -0.15) is 0 Å². The van der Waals surface area contributed by atoms with Crippen LogP contribution in [0, 0.1) is 11.8 Å². The summed E-state index contributed by atoms with van der Waals surface area (Å²) in [5.41, 5.74) is 2.67. The number of anilines is 1. The van der Waals surface area contributed by atoms with Crippen LogP contribution < -0.4 is 10.1 Å². The molecule has 7 heteroatoms. The Morgan fingerprint density at radius 3 is 2.66 bits per heavy atom. The van der Waals surface area contributed by atoms with Crippen molar-refractivity contribution in [2.24, 2.45) is 11.8 Å². The highest BCUT2D eigenvalue weighted by atomic mass is 16.5. The minimum atomic E-state index is -0.285. The number of carbonyl (C=O) groups excluding carboxylic acids is 2. The summed E-state index contributed by atoms with van der Waals surface area (Å²) in [6.45, 7) is 5.85. The molecule has 2 aliphatic rings. The molecule has 1 saturated carbocycles. The van der Waals surface area contributed by atoms with E-state index in [4.69, 9.17) is 4.74 Å². The normalized spacial score (nSPS) is 21.4. The second-order valence-electron chi connectivity index (χ2n) is 10.2. The standard InChI is InChI=1S/C28H37N3O4/c1-19-15-31(20(2)18-32)27(33)14-23-13-24(29-28(34)22-9-10-22)11-12-25(23)35-26(19)17-30(3)16-21-7-5-4-6-8-21/h4-8,11-13,19-20,22,26,32H,9-10,14-18H2,1-3H3,(H,29,34)/t19-,20+,26-/m1/s1. The fourth-order valence-electron chi connectivity index (χ4n) is 4.58. The van der Waals surface area contributed by atoms with E-state index in [1.807, 2.05) is 43.3 Å². The number of hydrogen-bond acceptors (Lipinski definition) is 5. The maximum absolute atomic E-state index is 13.3. The Labute approximate surface area is 208 Å². The summed E-state index contributed by atoms with van der Waals surface area (Å²) in [4.78, 5) is 29.6. The minimum Gasteiger partial charge on any atom is -0.488 e. The molecule has 188 valence electrons. The smallest absolute Gasteiger partial charge is 0.227 e. The molecule has 2 aromatic rings. The van der Waals surface area contributed by atoms with Crippen molar-refractivity contribution in [2.75, 3.05) is 32.1 Å². The predicted octanol–water partition coefficient (Wildman–Crippen LogP) is 3.32. The molecule has 4 rings (SSSR count). The van der Waals surface area contributed by atoms with Crippen LogP contribution in [0.25, 0.3) is 0 Å². The van der Waals surface area contributed by atoms with Gasteiger partial charge in [-0.25, -0.2) is 0 Å². The number of amides is 2. The van der Waals surface area contributed by atoms with Crippen molar-refractivity contribution in [1.29, 1.82) is 0 Å². The molecule has 7 nitrogen and oxygen atoms in total. The van der Waals surface area contributed by atoms with Gasteiger partial charge < -0.3 is 20.1 Å². The molecule has 1 fully saturated rings. The summed E-state index contributed by atoms with van der Waals surface area (Å²) >= 11 is 0. The van der Waals surface area contributed by atoms with Crippen LogP contribution in [0.4, 0.5) is 5.69 Å². The van der Waals surface area contributed by atoms with Crippen molar-refractivity contribution >= 4 is 17.5 Å². The van der Waals surface area contributed by atoms with E-state index in [2.05, 4.69) is 36.3 Å². The number of aliphatic hydroxyl groups excluding tert-OH is 1. The first-order chi connectivity index (χ1) is 16.8. The molecule has 2 aromatic carbocycles. The molecule has 0 unspecified atom stereocenters. The van der Waals surface area contributed by atoms with Crippen molar-refractivity contribution in [3.63, 3.8) is 0 Å². The van der Waals surface area contributed by atoms with E-state index in [1.54, 1.807) is 4.90 Å². The lowest BCUT2D eigenvalue weighted by Gasteiger charge is -2.34. The summed E-state index contributed by atoms with van der Waals surface area (Å²) in [5.74, 6) is 0.805. The Morgan fingerprint density at radius 1 is 1.23 bits per heavy atom. The zero-order chi connectivity index (χ0) is 24.9. The van der Waals surface area contributed by atoms with Crippen LogP contribution in [0.2, 0.25) is 0 Å². The number of nitrogens with one attached hydrogen (secondary N) is 1. The third-order valence-corrected chi connectivity index (χ3v) is 6.92. The first-order valence-electron chi connectivity index (χ1n) is 12.6. The van der Waals surface area contributed by atoms with Crippen LogP contribution in [-0.4, -0.2) is 65.6 Å². The first-order valence-corrected chi connectivity index (χ1v) is 12.6. The highest BCUT2D eigenvalue weighted by Crippen LogP contribution is 2.32. The fraction of sp³-hybridized carbons (Fsp3) is 0.500. The second kappa shape index (κ2) is 11.2. The molecule has 35 heavy (non-hydrogen) atoms. The molecular formula is C28H37N3O4. The topological polar surface area (TPSA) is 82.1 Å². The van der Waals surface area contributed by atoms with E-state index >= 15 is 0 Å². The average Bonchev–Trinajstić information content (AvgIpc) is 3.68. The number of rotatable bonds is 8. The Morgan fingerprint density at radius 2 is 1.97 bits per heavy atom. The average molecular weight is 480 g/mol. The number of nitrogens with zero attached hydrogens (tertiary/aromatic N) is 2. The van der Waals surface area contributed by atoms with Crippen molar-refractivity contribution in [1.82, 2.24) is 9.80 Å². The Balaban J connectivity index is 1.58. The summed E-state index contributed by atoms with van der Waals surface area (Å²) in [6.07, 6.45) is 1.87. The zero-order valence-corrected chi connectivity index (χ0v) is 20.9. The SMILES string of the molecule is C[C@@H]1CN([C@@H](C)CO)C(=O)Cc2cc(NC(=O)C3CC3)ccc2O[C@@H]1CN(C)Cc1ccccc1. The van der Waals surface area contributed by atoms with Gasteiger partial charge in [0.2, 0.25) is 11.8 Å². The van der Waals surface area contributed by atoms with E-state index in [0.717, 1.165) is 24.9 Å². The van der Waals surface area contributed by atoms with Gasteiger partial charge in [0.1, 0.15) is 11.9 Å². The second-order valence-corrected chi connectivity index (χ2v) is 10.2. The molecule has 0 aromatic heterocycles. The third-order valence-electron chi connectivity index (χ3n) is 6.92. The van der Waals surface area contributed by atoms with Gasteiger partial charge in [-0.15, -0.1) is 0 Å². The molecule has 0 saturated heterocycles. The molecule has 3 atom stereocenters. The van der Waals surface area contributed by atoms with Crippen molar-refractivity contribution in [3.8, 4) is 5.75 Å². The molecule has 1 heterocycles. The van der Waals surface area contributed by atoms with Gasteiger partial charge in [-0.05, 0) is 50.6 Å². The molecule has 2 amide bonds. The van der Waals surface area contributed by atoms with E-state index in [9.17, 15) is 14.7 Å². The quantitative estimate of drug-likeness (QED) is 0.607. The van der Waals surface area contributed by atoms with Gasteiger partial charge in [0.25, 0.3) is 0 Å². The number of ether oxygens (including phenoxy) is 1. The minimum absolute atomic E-state index is 0.0322. The number of carbonyl (C=O) groups is 2. The highest BCUT2D eigenvalue weighted by Gasteiger charge is 2.32. The molecule has 1 aliphatic carbocycles. The van der Waals surface area contributed by atoms with Crippen LogP contribution in [0.15, 0.2) is 48.5 Å². The van der Waals surface area contributed by atoms with Gasteiger partial charge in [0.05, 0.1) is 19.1 Å². The molecule has 0 bridgehead atoms. The lowest BCUT2D eigenvalue weighted by Crippen LogP contribution is -2.47. The number of hydrogen-bond donors (Lipinski definition) is 2. The van der Waals surface area contributed by atoms with Crippen molar-refractivity contribution < 1.29 is 19.4 Å². The maximum atomic E-state index is 13.3. The van der Waals surface area contributed by atoms with Gasteiger partial charge in [0.15, 0.2) is 0 Å². The fourth-order valence-corrected chi connectivity index (χ4v) is 4.58. The van der Waals surface area contributed by atoms with Crippen molar-refractivity contribution in [2.45, 2.75) is 51.8 Å². The molecule has 1 aliphatic heterocycles. The lowest BCUT2D eigenvalue weighted by molar-refractivity contribution is -0.134. The Bertz CT molecular complexity index is 1020. The van der Waals surface area contributed by atoms with Crippen LogP contribution in [0.1, 0.15) is 37.8 Å². The summed E-state index contributed by atoms with van der Waals surface area (Å²) in [5, 5.41) is 12.8. The monoisotopic (exact) mass is 479 g/mol. The first kappa shape index (κ1) is 25.2. The third kappa shape index (κ3) is 6.61. The summed E-state index contributed by atoms with van der Waals surface area (Å²) in [7, 11) is 2.08. The van der Waals surface area contributed by atoms with Crippen LogP contribution in [0.5, 0.6) is 5.75 Å². The number of likely N-dealkylation sites (N-methyl/N-ethyl adjacent to an activating group) is 1. The van der Waals surface area contributed by atoms with Crippen LogP contribution >= 0.6 is 0 Å². The zero-order valence-electron chi connectivity index (χ0n) is 20.9. The van der Waals surface area contributed by atoms with E-state index in [1.165, 1.54) is 5.56 Å². The molecule has 2 N–H and O–H groups in total. The summed E-state index contributed by atoms with van der Waals surface area (Å²) < 4.78 is 6.57. The number of benzene rings is 2.